The Bertz CT molecular complexity index is 740. The third-order valence-corrected chi connectivity index (χ3v) is 6.97. The molecule has 1 aromatic heterocycles. The summed E-state index contributed by atoms with van der Waals surface area (Å²) in [4.78, 5) is 27.5. The first-order chi connectivity index (χ1) is 13.4. The first-order valence-corrected chi connectivity index (χ1v) is 10.4. The smallest absolute Gasteiger partial charge is 0.253 e. The van der Waals surface area contributed by atoms with Gasteiger partial charge in [-0.05, 0) is 50.5 Å². The third-order valence-electron chi connectivity index (χ3n) is 6.97. The van der Waals surface area contributed by atoms with E-state index in [1.54, 1.807) is 0 Å². The number of nitrogens with one attached hydrogen (secondary N) is 1. The number of aryl methyl sites for hydroxylation is 1. The Morgan fingerprint density at radius 3 is 2.50 bits per heavy atom. The summed E-state index contributed by atoms with van der Waals surface area (Å²) in [5, 5.41) is 13.7. The van der Waals surface area contributed by atoms with E-state index < -0.39 is 6.10 Å². The minimum atomic E-state index is -0.563. The standard InChI is InChI=1S/C21H31N3O4/c1-13-17(3-6-23(13)2)20(26)22-18-9-15-11-24(12-16(15)10-19(18)25)21(27)14-4-7-28-8-5-14/h3,6,14-16,18-19,25H,4-5,7-12H2,1-2H3,(H,22,26)/t15-,16+,18-,19-/m0/s1. The van der Waals surface area contributed by atoms with Crippen molar-refractivity contribution in [2.75, 3.05) is 26.3 Å². The number of ether oxygens (including phenoxy) is 1. The van der Waals surface area contributed by atoms with Gasteiger partial charge in [-0.3, -0.25) is 9.59 Å². The summed E-state index contributed by atoms with van der Waals surface area (Å²) in [5.41, 5.74) is 1.56. The fourth-order valence-electron chi connectivity index (χ4n) is 5.06. The molecule has 2 amide bonds. The summed E-state index contributed by atoms with van der Waals surface area (Å²) in [5.74, 6) is 0.858. The lowest BCUT2D eigenvalue weighted by Crippen LogP contribution is -2.49. The van der Waals surface area contributed by atoms with Gasteiger partial charge in [-0.2, -0.15) is 0 Å². The van der Waals surface area contributed by atoms with Gasteiger partial charge in [0.2, 0.25) is 5.91 Å². The highest BCUT2D eigenvalue weighted by molar-refractivity contribution is 5.95. The fourth-order valence-corrected chi connectivity index (χ4v) is 5.06. The van der Waals surface area contributed by atoms with Gasteiger partial charge < -0.3 is 24.6 Å². The maximum absolute atomic E-state index is 12.8. The van der Waals surface area contributed by atoms with Crippen molar-refractivity contribution in [3.8, 4) is 0 Å². The van der Waals surface area contributed by atoms with Gasteiger partial charge in [0.05, 0.1) is 17.7 Å². The number of amides is 2. The number of carbonyl (C=O) groups is 2. The van der Waals surface area contributed by atoms with E-state index in [1.165, 1.54) is 0 Å². The van der Waals surface area contributed by atoms with Crippen LogP contribution in [0.1, 0.15) is 41.7 Å². The van der Waals surface area contributed by atoms with Crippen molar-refractivity contribution in [1.29, 1.82) is 0 Å². The summed E-state index contributed by atoms with van der Waals surface area (Å²) < 4.78 is 7.29. The Hall–Kier alpha value is -1.86. The maximum Gasteiger partial charge on any atom is 0.253 e. The van der Waals surface area contributed by atoms with Gasteiger partial charge in [-0.15, -0.1) is 0 Å². The van der Waals surface area contributed by atoms with E-state index in [9.17, 15) is 14.7 Å². The van der Waals surface area contributed by atoms with E-state index in [1.807, 2.05) is 35.7 Å². The first-order valence-electron chi connectivity index (χ1n) is 10.4. The molecule has 1 aliphatic carbocycles. The van der Waals surface area contributed by atoms with Crippen LogP contribution in [0.3, 0.4) is 0 Å². The Morgan fingerprint density at radius 1 is 1.18 bits per heavy atom. The van der Waals surface area contributed by atoms with Gasteiger partial charge in [0.25, 0.3) is 5.91 Å². The van der Waals surface area contributed by atoms with Gasteiger partial charge in [0, 0.05) is 51.2 Å². The minimum Gasteiger partial charge on any atom is -0.391 e. The van der Waals surface area contributed by atoms with Crippen LogP contribution in [-0.2, 0) is 16.6 Å². The lowest BCUT2D eigenvalue weighted by atomic mass is 9.77. The minimum absolute atomic E-state index is 0.0791. The number of aliphatic hydroxyl groups excluding tert-OH is 1. The van der Waals surface area contributed by atoms with Crippen molar-refractivity contribution in [1.82, 2.24) is 14.8 Å². The first kappa shape index (κ1) is 19.5. The molecule has 0 unspecified atom stereocenters. The molecule has 1 aromatic rings. The molecular weight excluding hydrogens is 358 g/mol. The van der Waals surface area contributed by atoms with Crippen molar-refractivity contribution in [2.45, 2.75) is 44.8 Å². The van der Waals surface area contributed by atoms with E-state index in [0.29, 0.717) is 37.0 Å². The number of hydrogen-bond acceptors (Lipinski definition) is 4. The predicted octanol–water partition coefficient (Wildman–Crippen LogP) is 1.09. The molecule has 2 aliphatic heterocycles. The SMILES string of the molecule is Cc1c(C(=O)N[C@H]2C[C@H]3CN(C(=O)C4CCOCC4)C[C@H]3C[C@@H]2O)ccn1C. The van der Waals surface area contributed by atoms with Gasteiger partial charge in [-0.1, -0.05) is 0 Å². The summed E-state index contributed by atoms with van der Waals surface area (Å²) in [7, 11) is 1.91. The molecule has 0 aromatic carbocycles. The highest BCUT2D eigenvalue weighted by atomic mass is 16.5. The van der Waals surface area contributed by atoms with Crippen LogP contribution in [0.2, 0.25) is 0 Å². The molecule has 28 heavy (non-hydrogen) atoms. The second-order valence-electron chi connectivity index (χ2n) is 8.69. The molecule has 0 bridgehead atoms. The molecule has 2 saturated heterocycles. The summed E-state index contributed by atoms with van der Waals surface area (Å²) in [6.07, 6.45) is 4.29. The molecule has 4 rings (SSSR count). The van der Waals surface area contributed by atoms with E-state index in [2.05, 4.69) is 5.32 Å². The van der Waals surface area contributed by atoms with Crippen LogP contribution in [-0.4, -0.2) is 64.8 Å². The number of likely N-dealkylation sites (tertiary alicyclic amines) is 1. The van der Waals surface area contributed by atoms with E-state index in [0.717, 1.165) is 38.0 Å². The molecule has 3 fully saturated rings. The lowest BCUT2D eigenvalue weighted by Gasteiger charge is -2.35. The zero-order valence-corrected chi connectivity index (χ0v) is 16.8. The summed E-state index contributed by atoms with van der Waals surface area (Å²) >= 11 is 0. The number of carbonyl (C=O) groups excluding carboxylic acids is 2. The number of aromatic nitrogens is 1. The summed E-state index contributed by atoms with van der Waals surface area (Å²) in [6, 6.07) is 1.55. The quantitative estimate of drug-likeness (QED) is 0.811. The zero-order chi connectivity index (χ0) is 19.8. The average Bonchev–Trinajstić information content (AvgIpc) is 3.25. The summed E-state index contributed by atoms with van der Waals surface area (Å²) in [6.45, 7) is 4.73. The Balaban J connectivity index is 1.37. The molecule has 4 atom stereocenters. The van der Waals surface area contributed by atoms with Crippen LogP contribution in [0.4, 0.5) is 0 Å². The number of hydrogen-bond donors (Lipinski definition) is 2. The van der Waals surface area contributed by atoms with Gasteiger partial charge in [0.1, 0.15) is 0 Å². The van der Waals surface area contributed by atoms with Crippen molar-refractivity contribution >= 4 is 11.8 Å². The molecule has 0 spiro atoms. The van der Waals surface area contributed by atoms with Crippen LogP contribution < -0.4 is 5.32 Å². The number of nitrogens with zero attached hydrogens (tertiary/aromatic N) is 2. The van der Waals surface area contributed by atoms with Gasteiger partial charge in [-0.25, -0.2) is 0 Å². The van der Waals surface area contributed by atoms with Crippen molar-refractivity contribution in [3.05, 3.63) is 23.5 Å². The Labute approximate surface area is 166 Å². The normalized spacial score (nSPS) is 30.9. The van der Waals surface area contributed by atoms with Gasteiger partial charge >= 0.3 is 0 Å². The molecule has 0 radical (unpaired) electrons. The average molecular weight is 389 g/mol. The molecule has 3 aliphatic rings. The van der Waals surface area contributed by atoms with Crippen LogP contribution in [0.25, 0.3) is 0 Å². The molecular formula is C21H31N3O4. The predicted molar refractivity (Wildman–Crippen MR) is 104 cm³/mol. The molecule has 2 N–H and O–H groups in total. The van der Waals surface area contributed by atoms with Gasteiger partial charge in [0.15, 0.2) is 0 Å². The largest absolute Gasteiger partial charge is 0.391 e. The highest BCUT2D eigenvalue weighted by Gasteiger charge is 2.44. The van der Waals surface area contributed by atoms with Crippen molar-refractivity contribution in [2.24, 2.45) is 24.8 Å². The highest BCUT2D eigenvalue weighted by Crippen LogP contribution is 2.37. The van der Waals surface area contributed by atoms with Crippen LogP contribution in [0.15, 0.2) is 12.3 Å². The number of aliphatic hydroxyl groups is 1. The zero-order valence-electron chi connectivity index (χ0n) is 16.8. The second-order valence-corrected chi connectivity index (χ2v) is 8.69. The van der Waals surface area contributed by atoms with E-state index in [4.69, 9.17) is 4.74 Å². The Kier molecular flexibility index (Phi) is 5.47. The van der Waals surface area contributed by atoms with Crippen LogP contribution >= 0.6 is 0 Å². The van der Waals surface area contributed by atoms with Crippen molar-refractivity contribution in [3.63, 3.8) is 0 Å². The lowest BCUT2D eigenvalue weighted by molar-refractivity contribution is -0.137. The van der Waals surface area contributed by atoms with Crippen LogP contribution in [0, 0.1) is 24.7 Å². The number of fused-ring (bicyclic) bond motifs is 1. The van der Waals surface area contributed by atoms with E-state index in [-0.39, 0.29) is 23.8 Å². The number of rotatable bonds is 3. The molecule has 7 heteroatoms. The van der Waals surface area contributed by atoms with Crippen LogP contribution in [0.5, 0.6) is 0 Å². The van der Waals surface area contributed by atoms with Crippen molar-refractivity contribution < 1.29 is 19.4 Å². The monoisotopic (exact) mass is 389 g/mol. The molecule has 3 heterocycles. The fraction of sp³-hybridized carbons (Fsp3) is 0.714. The Morgan fingerprint density at radius 2 is 1.86 bits per heavy atom. The molecule has 7 nitrogen and oxygen atoms in total. The molecule has 154 valence electrons. The topological polar surface area (TPSA) is 83.8 Å². The molecule has 1 saturated carbocycles. The maximum atomic E-state index is 12.8. The third kappa shape index (κ3) is 3.70. The second kappa shape index (κ2) is 7.87. The van der Waals surface area contributed by atoms with E-state index >= 15 is 0 Å².